The predicted octanol–water partition coefficient (Wildman–Crippen LogP) is 1.06. The van der Waals surface area contributed by atoms with E-state index in [2.05, 4.69) is 30.4 Å². The van der Waals surface area contributed by atoms with Crippen LogP contribution in [0.15, 0.2) is 0 Å². The van der Waals surface area contributed by atoms with E-state index in [4.69, 9.17) is 0 Å². The smallest absolute Gasteiger partial charge is 0.293 e. The average Bonchev–Trinajstić information content (AvgIpc) is 2.30. The Bertz CT molecular complexity index is 329. The fraction of sp³-hybridized carbons (Fsp3) is 0.692. The Morgan fingerprint density at radius 2 is 2.29 bits per heavy atom. The lowest BCUT2D eigenvalue weighted by molar-refractivity contribution is -0.135. The van der Waals surface area contributed by atoms with Crippen LogP contribution < -0.4 is 0 Å². The molecule has 0 N–H and O–H groups in total. The lowest BCUT2D eigenvalue weighted by Crippen LogP contribution is -2.38. The Kier molecular flexibility index (Phi) is 5.55. The first-order valence-electron chi connectivity index (χ1n) is 5.96. The van der Waals surface area contributed by atoms with Crippen LogP contribution in [0, 0.1) is 23.7 Å². The molecule has 0 unspecified atom stereocenters. The molecule has 1 aliphatic rings. The molecule has 17 heavy (non-hydrogen) atoms. The summed E-state index contributed by atoms with van der Waals surface area (Å²) >= 11 is 0. The molecule has 0 aromatic heterocycles. The van der Waals surface area contributed by atoms with E-state index in [1.54, 1.807) is 0 Å². The Hall–Kier alpha value is -1.50. The highest BCUT2D eigenvalue weighted by Gasteiger charge is 2.20. The first kappa shape index (κ1) is 13.6. The van der Waals surface area contributed by atoms with Crippen LogP contribution in [-0.2, 0) is 14.3 Å². The summed E-state index contributed by atoms with van der Waals surface area (Å²) in [5.41, 5.74) is 0. The number of hydrogen-bond acceptors (Lipinski definition) is 3. The molecule has 0 fully saturated rings. The van der Waals surface area contributed by atoms with E-state index in [9.17, 15) is 9.59 Å². The van der Waals surface area contributed by atoms with Crippen molar-refractivity contribution in [2.24, 2.45) is 11.8 Å². The maximum Gasteiger partial charge on any atom is 0.293 e. The quantitative estimate of drug-likeness (QED) is 0.417. The molecule has 0 radical (unpaired) electrons. The minimum atomic E-state index is 0.0367. The van der Waals surface area contributed by atoms with Crippen LogP contribution in [0.2, 0.25) is 0 Å². The third kappa shape index (κ3) is 4.48. The maximum absolute atomic E-state index is 11.9. The van der Waals surface area contributed by atoms with Gasteiger partial charge in [0, 0.05) is 25.4 Å². The summed E-state index contributed by atoms with van der Waals surface area (Å²) in [4.78, 5) is 23.7. The maximum atomic E-state index is 11.9. The van der Waals surface area contributed by atoms with Gasteiger partial charge >= 0.3 is 0 Å². The lowest BCUT2D eigenvalue weighted by atomic mass is 9.94. The summed E-state index contributed by atoms with van der Waals surface area (Å²) in [7, 11) is 0. The zero-order valence-electron chi connectivity index (χ0n) is 10.4. The highest BCUT2D eigenvalue weighted by Crippen LogP contribution is 2.14. The van der Waals surface area contributed by atoms with E-state index in [-0.39, 0.29) is 18.9 Å². The van der Waals surface area contributed by atoms with Crippen LogP contribution in [0.5, 0.6) is 0 Å². The van der Waals surface area contributed by atoms with Crippen molar-refractivity contribution in [3.63, 3.8) is 0 Å². The number of amides is 1. The fourth-order valence-corrected chi connectivity index (χ4v) is 1.74. The first-order chi connectivity index (χ1) is 8.15. The minimum Gasteiger partial charge on any atom is -0.467 e. The SMILES string of the molecule is C[C@H]1C#CCCN(C(=O)CCOC=O)C[C@@H]1C. The Labute approximate surface area is 102 Å². The van der Waals surface area contributed by atoms with Gasteiger partial charge in [0.15, 0.2) is 0 Å². The zero-order chi connectivity index (χ0) is 12.7. The topological polar surface area (TPSA) is 46.6 Å². The molecular formula is C13H19NO3. The molecule has 0 spiro atoms. The van der Waals surface area contributed by atoms with Crippen molar-refractivity contribution >= 4 is 12.4 Å². The predicted molar refractivity (Wildman–Crippen MR) is 63.9 cm³/mol. The lowest BCUT2D eigenvalue weighted by Gasteiger charge is -2.28. The molecule has 1 heterocycles. The van der Waals surface area contributed by atoms with Crippen LogP contribution >= 0.6 is 0 Å². The molecule has 0 aromatic rings. The van der Waals surface area contributed by atoms with Gasteiger partial charge in [-0.2, -0.15) is 0 Å². The normalized spacial score (nSPS) is 24.0. The van der Waals surface area contributed by atoms with Crippen molar-refractivity contribution in [1.82, 2.24) is 4.90 Å². The molecule has 0 saturated carbocycles. The van der Waals surface area contributed by atoms with Crippen molar-refractivity contribution in [2.45, 2.75) is 26.7 Å². The van der Waals surface area contributed by atoms with Crippen LogP contribution in [0.3, 0.4) is 0 Å². The molecule has 1 aliphatic heterocycles. The Morgan fingerprint density at radius 3 is 3.00 bits per heavy atom. The van der Waals surface area contributed by atoms with Crippen LogP contribution in [-0.4, -0.2) is 37.0 Å². The first-order valence-corrected chi connectivity index (χ1v) is 5.96. The zero-order valence-corrected chi connectivity index (χ0v) is 10.4. The van der Waals surface area contributed by atoms with E-state index < -0.39 is 0 Å². The van der Waals surface area contributed by atoms with Gasteiger partial charge in [-0.1, -0.05) is 19.8 Å². The molecule has 4 nitrogen and oxygen atoms in total. The number of rotatable bonds is 4. The van der Waals surface area contributed by atoms with Crippen LogP contribution in [0.1, 0.15) is 26.7 Å². The van der Waals surface area contributed by atoms with Crippen molar-refractivity contribution in [1.29, 1.82) is 0 Å². The van der Waals surface area contributed by atoms with E-state index in [1.807, 2.05) is 4.90 Å². The standard InChI is InChI=1S/C13H19NO3/c1-11-5-3-4-7-14(9-12(11)2)13(16)6-8-17-10-15/h10-12H,4,6-9H2,1-2H3/t11-,12-/m0/s1. The van der Waals surface area contributed by atoms with Crippen LogP contribution in [0.25, 0.3) is 0 Å². The van der Waals surface area contributed by atoms with Gasteiger partial charge in [0.25, 0.3) is 6.47 Å². The molecular weight excluding hydrogens is 218 g/mol. The van der Waals surface area contributed by atoms with Gasteiger partial charge in [0.1, 0.15) is 0 Å². The summed E-state index contributed by atoms with van der Waals surface area (Å²) in [5, 5.41) is 0. The van der Waals surface area contributed by atoms with Gasteiger partial charge in [-0.05, 0) is 5.92 Å². The van der Waals surface area contributed by atoms with Crippen molar-refractivity contribution in [3.05, 3.63) is 0 Å². The number of carbonyl (C=O) groups excluding carboxylic acids is 2. The Balaban J connectivity index is 2.50. The number of carbonyl (C=O) groups is 2. The van der Waals surface area contributed by atoms with E-state index in [0.717, 1.165) is 13.0 Å². The second kappa shape index (κ2) is 6.95. The Morgan fingerprint density at radius 1 is 1.53 bits per heavy atom. The summed E-state index contributed by atoms with van der Waals surface area (Å²) < 4.78 is 4.54. The summed E-state index contributed by atoms with van der Waals surface area (Å²) in [6.07, 6.45) is 0.977. The molecule has 0 aliphatic carbocycles. The molecule has 1 amide bonds. The molecule has 1 rings (SSSR count). The molecule has 94 valence electrons. The van der Waals surface area contributed by atoms with Crippen molar-refractivity contribution in [2.75, 3.05) is 19.7 Å². The highest BCUT2D eigenvalue weighted by atomic mass is 16.5. The summed E-state index contributed by atoms with van der Waals surface area (Å²) in [6.45, 7) is 6.12. The van der Waals surface area contributed by atoms with Crippen LogP contribution in [0.4, 0.5) is 0 Å². The van der Waals surface area contributed by atoms with E-state index in [0.29, 0.717) is 24.9 Å². The largest absolute Gasteiger partial charge is 0.467 e. The van der Waals surface area contributed by atoms with E-state index >= 15 is 0 Å². The highest BCUT2D eigenvalue weighted by molar-refractivity contribution is 5.76. The monoisotopic (exact) mass is 237 g/mol. The minimum absolute atomic E-state index is 0.0367. The summed E-state index contributed by atoms with van der Waals surface area (Å²) in [5.74, 6) is 7.00. The van der Waals surface area contributed by atoms with Gasteiger partial charge in [0.05, 0.1) is 13.0 Å². The fourth-order valence-electron chi connectivity index (χ4n) is 1.74. The third-order valence-electron chi connectivity index (χ3n) is 3.05. The number of ether oxygens (including phenoxy) is 1. The molecule has 4 heteroatoms. The third-order valence-corrected chi connectivity index (χ3v) is 3.05. The van der Waals surface area contributed by atoms with Gasteiger partial charge in [-0.15, -0.1) is 5.92 Å². The second-order valence-corrected chi connectivity index (χ2v) is 4.39. The molecule has 0 bridgehead atoms. The van der Waals surface area contributed by atoms with Gasteiger partial charge in [-0.3, -0.25) is 9.59 Å². The second-order valence-electron chi connectivity index (χ2n) is 4.39. The summed E-state index contributed by atoms with van der Waals surface area (Å²) in [6, 6.07) is 0. The molecule has 2 atom stereocenters. The molecule has 0 aromatic carbocycles. The molecule has 0 saturated heterocycles. The van der Waals surface area contributed by atoms with Crippen molar-refractivity contribution < 1.29 is 14.3 Å². The number of nitrogens with zero attached hydrogens (tertiary/aromatic N) is 1. The van der Waals surface area contributed by atoms with Gasteiger partial charge in [-0.25, -0.2) is 0 Å². The number of hydrogen-bond donors (Lipinski definition) is 0. The van der Waals surface area contributed by atoms with Crippen molar-refractivity contribution in [3.8, 4) is 11.8 Å². The average molecular weight is 237 g/mol. The van der Waals surface area contributed by atoms with Gasteiger partial charge in [0.2, 0.25) is 5.91 Å². The van der Waals surface area contributed by atoms with E-state index in [1.165, 1.54) is 0 Å². The van der Waals surface area contributed by atoms with Gasteiger partial charge < -0.3 is 9.64 Å².